The molecule has 0 aliphatic carbocycles. The van der Waals surface area contributed by atoms with Crippen LogP contribution in [0.3, 0.4) is 0 Å². The van der Waals surface area contributed by atoms with Crippen molar-refractivity contribution >= 4 is 27.3 Å². The lowest BCUT2D eigenvalue weighted by molar-refractivity contribution is -0.384. The Hall–Kier alpha value is -2.04. The van der Waals surface area contributed by atoms with Crippen molar-refractivity contribution in [3.05, 3.63) is 69.2 Å². The molecule has 0 spiro atoms. The minimum Gasteiger partial charge on any atom is -0.379 e. The van der Waals surface area contributed by atoms with Gasteiger partial charge in [-0.15, -0.1) is 0 Å². The Morgan fingerprint density at radius 2 is 1.86 bits per heavy atom. The van der Waals surface area contributed by atoms with E-state index in [4.69, 9.17) is 16.3 Å². The van der Waals surface area contributed by atoms with Crippen LogP contribution >= 0.6 is 11.6 Å². The van der Waals surface area contributed by atoms with Gasteiger partial charge in [-0.3, -0.25) is 15.0 Å². The molecule has 1 unspecified atom stereocenters. The Kier molecular flexibility index (Phi) is 6.63. The van der Waals surface area contributed by atoms with Crippen LogP contribution < -0.4 is 4.72 Å². The fraction of sp³-hybridized carbons (Fsp3) is 0.333. The number of nitrogens with zero attached hydrogens (tertiary/aromatic N) is 2. The average Bonchev–Trinajstić information content (AvgIpc) is 2.69. The van der Waals surface area contributed by atoms with E-state index in [0.29, 0.717) is 31.3 Å². The lowest BCUT2D eigenvalue weighted by atomic mass is 10.1. The van der Waals surface area contributed by atoms with Crippen LogP contribution in [0.1, 0.15) is 11.6 Å². The highest BCUT2D eigenvalue weighted by molar-refractivity contribution is 7.89. The topological polar surface area (TPSA) is 102 Å². The zero-order valence-corrected chi connectivity index (χ0v) is 16.5. The first-order valence-corrected chi connectivity index (χ1v) is 10.5. The van der Waals surface area contributed by atoms with E-state index in [2.05, 4.69) is 9.62 Å². The Balaban J connectivity index is 1.79. The third-order valence-corrected chi connectivity index (χ3v) is 6.22. The van der Waals surface area contributed by atoms with Gasteiger partial charge in [-0.05, 0) is 29.8 Å². The van der Waals surface area contributed by atoms with Crippen LogP contribution in [0.2, 0.25) is 5.02 Å². The van der Waals surface area contributed by atoms with Gasteiger partial charge in [0.25, 0.3) is 5.69 Å². The lowest BCUT2D eigenvalue weighted by Crippen LogP contribution is -2.43. The molecule has 1 N–H and O–H groups in total. The third-order valence-electron chi connectivity index (χ3n) is 4.54. The molecule has 2 aromatic carbocycles. The Labute approximate surface area is 168 Å². The molecular weight excluding hydrogens is 406 g/mol. The van der Waals surface area contributed by atoms with E-state index < -0.39 is 14.9 Å². The van der Waals surface area contributed by atoms with Gasteiger partial charge < -0.3 is 4.74 Å². The first-order valence-electron chi connectivity index (χ1n) is 8.68. The molecule has 10 heteroatoms. The molecule has 0 bridgehead atoms. The maximum atomic E-state index is 12.6. The van der Waals surface area contributed by atoms with Gasteiger partial charge in [-0.2, -0.15) is 0 Å². The summed E-state index contributed by atoms with van der Waals surface area (Å²) >= 11 is 6.12. The second-order valence-electron chi connectivity index (χ2n) is 6.32. The number of halogens is 1. The van der Waals surface area contributed by atoms with Gasteiger partial charge in [0.15, 0.2) is 0 Å². The number of sulfonamides is 1. The van der Waals surface area contributed by atoms with Gasteiger partial charge in [-0.25, -0.2) is 13.1 Å². The van der Waals surface area contributed by atoms with E-state index in [-0.39, 0.29) is 23.2 Å². The lowest BCUT2D eigenvalue weighted by Gasteiger charge is -2.35. The van der Waals surface area contributed by atoms with Crippen molar-refractivity contribution in [2.24, 2.45) is 0 Å². The maximum absolute atomic E-state index is 12.6. The quantitative estimate of drug-likeness (QED) is 0.540. The van der Waals surface area contributed by atoms with Crippen LogP contribution in [0.15, 0.2) is 53.4 Å². The van der Waals surface area contributed by atoms with Crippen molar-refractivity contribution in [2.45, 2.75) is 10.9 Å². The van der Waals surface area contributed by atoms with Crippen LogP contribution in [0.25, 0.3) is 0 Å². The van der Waals surface area contributed by atoms with Crippen LogP contribution in [0.4, 0.5) is 5.69 Å². The predicted octanol–water partition coefficient (Wildman–Crippen LogP) is 2.60. The highest BCUT2D eigenvalue weighted by atomic mass is 35.5. The number of hydrogen-bond acceptors (Lipinski definition) is 6. The van der Waals surface area contributed by atoms with Gasteiger partial charge in [0.2, 0.25) is 10.0 Å². The summed E-state index contributed by atoms with van der Waals surface area (Å²) in [4.78, 5) is 12.3. The van der Waals surface area contributed by atoms with Crippen molar-refractivity contribution in [1.82, 2.24) is 9.62 Å². The van der Waals surface area contributed by atoms with E-state index in [9.17, 15) is 18.5 Å². The number of rotatable bonds is 7. The highest BCUT2D eigenvalue weighted by Crippen LogP contribution is 2.25. The Morgan fingerprint density at radius 1 is 1.18 bits per heavy atom. The monoisotopic (exact) mass is 425 g/mol. The number of nitrogens with one attached hydrogen (secondary N) is 1. The molecule has 1 atom stereocenters. The number of morpholine rings is 1. The maximum Gasteiger partial charge on any atom is 0.269 e. The fourth-order valence-corrected chi connectivity index (χ4v) is 4.32. The normalized spacial score (nSPS) is 16.6. The molecular formula is C18H20ClN3O5S. The molecule has 28 heavy (non-hydrogen) atoms. The molecule has 2 aromatic rings. The number of benzene rings is 2. The molecule has 8 nitrogen and oxygen atoms in total. The minimum absolute atomic E-state index is 0.0232. The van der Waals surface area contributed by atoms with E-state index in [1.54, 1.807) is 6.07 Å². The van der Waals surface area contributed by atoms with Gasteiger partial charge in [0, 0.05) is 42.8 Å². The number of nitro benzene ring substituents is 1. The number of non-ortho nitro benzene ring substituents is 1. The second kappa shape index (κ2) is 8.97. The zero-order chi connectivity index (χ0) is 20.1. The van der Waals surface area contributed by atoms with Crippen molar-refractivity contribution < 1.29 is 18.1 Å². The Morgan fingerprint density at radius 3 is 2.46 bits per heavy atom. The minimum atomic E-state index is -3.82. The molecule has 1 aliphatic rings. The summed E-state index contributed by atoms with van der Waals surface area (Å²) in [6.07, 6.45) is 0. The molecule has 1 heterocycles. The predicted molar refractivity (Wildman–Crippen MR) is 105 cm³/mol. The van der Waals surface area contributed by atoms with E-state index in [1.165, 1.54) is 24.3 Å². The standard InChI is InChI=1S/C18H20ClN3O5S/c19-15-3-1-2-14(12-15)18(21-8-10-27-11-9-21)13-20-28(25,26)17-6-4-16(5-7-17)22(23)24/h1-7,12,18,20H,8-11,13H2. The van der Waals surface area contributed by atoms with Crippen LogP contribution in [-0.2, 0) is 14.8 Å². The summed E-state index contributed by atoms with van der Waals surface area (Å²) in [6.45, 7) is 2.64. The molecule has 1 aliphatic heterocycles. The third kappa shape index (κ3) is 5.06. The smallest absolute Gasteiger partial charge is 0.269 e. The molecule has 3 rings (SSSR count). The Bertz CT molecular complexity index is 930. The molecule has 1 fully saturated rings. The first kappa shape index (κ1) is 20.7. The van der Waals surface area contributed by atoms with Crippen LogP contribution in [-0.4, -0.2) is 51.1 Å². The molecule has 0 amide bonds. The van der Waals surface area contributed by atoms with E-state index in [0.717, 1.165) is 5.56 Å². The molecule has 0 saturated carbocycles. The van der Waals surface area contributed by atoms with Crippen molar-refractivity contribution in [3.8, 4) is 0 Å². The first-order chi connectivity index (χ1) is 13.4. The van der Waals surface area contributed by atoms with Gasteiger partial charge in [0.05, 0.1) is 23.0 Å². The fourth-order valence-electron chi connectivity index (χ4n) is 3.08. The van der Waals surface area contributed by atoms with Gasteiger partial charge in [0.1, 0.15) is 0 Å². The van der Waals surface area contributed by atoms with Crippen LogP contribution in [0, 0.1) is 10.1 Å². The average molecular weight is 426 g/mol. The van der Waals surface area contributed by atoms with Crippen molar-refractivity contribution in [1.29, 1.82) is 0 Å². The molecule has 1 saturated heterocycles. The summed E-state index contributed by atoms with van der Waals surface area (Å²) in [5.74, 6) is 0. The summed E-state index contributed by atoms with van der Waals surface area (Å²) in [6, 6.07) is 11.9. The van der Waals surface area contributed by atoms with Crippen molar-refractivity contribution in [2.75, 3.05) is 32.8 Å². The number of ether oxygens (including phenoxy) is 1. The highest BCUT2D eigenvalue weighted by Gasteiger charge is 2.25. The number of hydrogen-bond donors (Lipinski definition) is 1. The zero-order valence-electron chi connectivity index (χ0n) is 15.0. The van der Waals surface area contributed by atoms with Crippen LogP contribution in [0.5, 0.6) is 0 Å². The van der Waals surface area contributed by atoms with E-state index >= 15 is 0 Å². The summed E-state index contributed by atoms with van der Waals surface area (Å²) < 4.78 is 33.3. The number of nitro groups is 1. The van der Waals surface area contributed by atoms with Gasteiger partial charge in [-0.1, -0.05) is 23.7 Å². The van der Waals surface area contributed by atoms with Gasteiger partial charge >= 0.3 is 0 Å². The molecule has 0 aromatic heterocycles. The molecule has 150 valence electrons. The SMILES string of the molecule is O=[N+]([O-])c1ccc(S(=O)(=O)NCC(c2cccc(Cl)c2)N2CCOCC2)cc1. The van der Waals surface area contributed by atoms with Crippen molar-refractivity contribution in [3.63, 3.8) is 0 Å². The largest absolute Gasteiger partial charge is 0.379 e. The van der Waals surface area contributed by atoms with E-state index in [1.807, 2.05) is 18.2 Å². The summed E-state index contributed by atoms with van der Waals surface area (Å²) in [7, 11) is -3.82. The summed E-state index contributed by atoms with van der Waals surface area (Å²) in [5.41, 5.74) is 0.741. The summed E-state index contributed by atoms with van der Waals surface area (Å²) in [5, 5.41) is 11.3. The second-order valence-corrected chi connectivity index (χ2v) is 8.53. The molecule has 0 radical (unpaired) electrons.